The Bertz CT molecular complexity index is 893. The number of pyridine rings is 1. The number of rotatable bonds is 3. The summed E-state index contributed by atoms with van der Waals surface area (Å²) in [5.41, 5.74) is 1.67. The zero-order valence-corrected chi connectivity index (χ0v) is 18.7. The van der Waals surface area contributed by atoms with E-state index in [0.717, 1.165) is 42.7 Å². The lowest BCUT2D eigenvalue weighted by Gasteiger charge is -2.49. The molecule has 1 saturated heterocycles. The molecule has 6 heteroatoms. The number of piperidine rings is 1. The van der Waals surface area contributed by atoms with E-state index in [2.05, 4.69) is 24.1 Å². The van der Waals surface area contributed by atoms with Crippen molar-refractivity contribution in [1.82, 2.24) is 9.88 Å². The molecule has 1 aromatic heterocycles. The van der Waals surface area contributed by atoms with Crippen LogP contribution in [0.2, 0.25) is 0 Å². The second-order valence-corrected chi connectivity index (χ2v) is 9.46. The van der Waals surface area contributed by atoms with Gasteiger partial charge in [0.2, 0.25) is 0 Å². The molecule has 1 amide bonds. The van der Waals surface area contributed by atoms with Crippen molar-refractivity contribution in [3.05, 3.63) is 41.7 Å². The van der Waals surface area contributed by atoms with Crippen LogP contribution in [0, 0.1) is 18.3 Å². The number of aromatic nitrogens is 1. The highest BCUT2D eigenvalue weighted by Gasteiger charge is 2.47. The van der Waals surface area contributed by atoms with Crippen LogP contribution in [-0.4, -0.2) is 38.9 Å². The van der Waals surface area contributed by atoms with Crippen molar-refractivity contribution in [1.29, 1.82) is 5.26 Å². The van der Waals surface area contributed by atoms with Crippen molar-refractivity contribution in [2.75, 3.05) is 0 Å². The van der Waals surface area contributed by atoms with E-state index in [-0.39, 0.29) is 24.6 Å². The Morgan fingerprint density at radius 2 is 2.17 bits per heavy atom. The molecule has 6 nitrogen and oxygen atoms in total. The van der Waals surface area contributed by atoms with Crippen LogP contribution in [0.25, 0.3) is 0 Å². The van der Waals surface area contributed by atoms with E-state index in [4.69, 9.17) is 15.0 Å². The van der Waals surface area contributed by atoms with Gasteiger partial charge in [-0.05, 0) is 78.0 Å². The normalized spacial score (nSPS) is 26.7. The second-order valence-electron chi connectivity index (χ2n) is 9.46. The molecule has 0 aliphatic carbocycles. The SMILES string of the molecule is Cc1cccnc1[C@@H]1CCC[C@H](C2(C)CC=CC(CC#N)=N2)N1C(=O)OC(C)(C)C. The van der Waals surface area contributed by atoms with Gasteiger partial charge in [0.05, 0.1) is 35.8 Å². The number of carbonyl (C=O) groups excluding carboxylic acids is 1. The number of nitriles is 1. The lowest BCUT2D eigenvalue weighted by atomic mass is 9.78. The first-order valence-electron chi connectivity index (χ1n) is 10.7. The maximum Gasteiger partial charge on any atom is 0.411 e. The summed E-state index contributed by atoms with van der Waals surface area (Å²) in [6, 6.07) is 5.85. The van der Waals surface area contributed by atoms with E-state index in [1.165, 1.54) is 0 Å². The summed E-state index contributed by atoms with van der Waals surface area (Å²) in [4.78, 5) is 24.9. The van der Waals surface area contributed by atoms with Crippen LogP contribution in [-0.2, 0) is 4.74 Å². The molecule has 0 radical (unpaired) electrons. The number of aliphatic imine (C=N–C) groups is 1. The lowest BCUT2D eigenvalue weighted by molar-refractivity contribution is -0.0195. The van der Waals surface area contributed by atoms with E-state index >= 15 is 0 Å². The van der Waals surface area contributed by atoms with E-state index in [0.29, 0.717) is 0 Å². The van der Waals surface area contributed by atoms with Crippen LogP contribution >= 0.6 is 0 Å². The minimum atomic E-state index is -0.592. The maximum atomic E-state index is 13.5. The molecule has 1 unspecified atom stereocenters. The third-order valence-corrected chi connectivity index (χ3v) is 5.81. The summed E-state index contributed by atoms with van der Waals surface area (Å²) in [6.45, 7) is 9.79. The van der Waals surface area contributed by atoms with Crippen LogP contribution < -0.4 is 0 Å². The molecule has 3 atom stereocenters. The summed E-state index contributed by atoms with van der Waals surface area (Å²) >= 11 is 0. The minimum Gasteiger partial charge on any atom is -0.444 e. The molecule has 2 aliphatic rings. The van der Waals surface area contributed by atoms with Gasteiger partial charge in [0.25, 0.3) is 0 Å². The fourth-order valence-electron chi connectivity index (χ4n) is 4.53. The minimum absolute atomic E-state index is 0.133. The Hall–Kier alpha value is -2.68. The van der Waals surface area contributed by atoms with Gasteiger partial charge < -0.3 is 4.74 Å². The lowest BCUT2D eigenvalue weighted by Crippen LogP contribution is -2.57. The number of ether oxygens (including phenoxy) is 1. The molecule has 0 bridgehead atoms. The monoisotopic (exact) mass is 408 g/mol. The smallest absolute Gasteiger partial charge is 0.411 e. The molecule has 0 saturated carbocycles. The van der Waals surface area contributed by atoms with Crippen LogP contribution in [0.1, 0.15) is 77.1 Å². The highest BCUT2D eigenvalue weighted by molar-refractivity contribution is 5.97. The molecular weight excluding hydrogens is 376 g/mol. The molecule has 160 valence electrons. The molecule has 2 aliphatic heterocycles. The van der Waals surface area contributed by atoms with Crippen LogP contribution in [0.4, 0.5) is 4.79 Å². The first-order chi connectivity index (χ1) is 14.1. The standard InChI is InChI=1S/C24H32N4O2/c1-17-9-8-16-26-21(17)19-11-6-12-20(28(19)22(29)30-23(2,3)4)24(5)14-7-10-18(27-24)13-15-25/h7-10,16,19-20H,6,11-14H2,1-5H3/t19-,20+,24?/m0/s1. The zero-order valence-electron chi connectivity index (χ0n) is 18.7. The van der Waals surface area contributed by atoms with Crippen molar-refractivity contribution in [3.8, 4) is 6.07 Å². The van der Waals surface area contributed by atoms with E-state index in [1.807, 2.05) is 50.8 Å². The first kappa shape index (κ1) is 22.0. The van der Waals surface area contributed by atoms with Crippen molar-refractivity contribution < 1.29 is 9.53 Å². The quantitative estimate of drug-likeness (QED) is 0.680. The number of allylic oxidation sites excluding steroid dienone is 1. The van der Waals surface area contributed by atoms with E-state index < -0.39 is 11.1 Å². The third kappa shape index (κ3) is 4.72. The van der Waals surface area contributed by atoms with E-state index in [9.17, 15) is 4.79 Å². The molecule has 3 heterocycles. The average molecular weight is 409 g/mol. The Kier molecular flexibility index (Phi) is 6.30. The van der Waals surface area contributed by atoms with Gasteiger partial charge in [-0.1, -0.05) is 12.1 Å². The van der Waals surface area contributed by atoms with Gasteiger partial charge >= 0.3 is 6.09 Å². The first-order valence-corrected chi connectivity index (χ1v) is 10.7. The number of aryl methyl sites for hydroxylation is 1. The largest absolute Gasteiger partial charge is 0.444 e. The number of carbonyl (C=O) groups is 1. The predicted octanol–water partition coefficient (Wildman–Crippen LogP) is 5.29. The molecule has 1 fully saturated rings. The van der Waals surface area contributed by atoms with Crippen LogP contribution in [0.5, 0.6) is 0 Å². The fourth-order valence-corrected chi connectivity index (χ4v) is 4.53. The molecule has 0 N–H and O–H groups in total. The summed E-state index contributed by atoms with van der Waals surface area (Å²) in [7, 11) is 0. The van der Waals surface area contributed by atoms with E-state index in [1.54, 1.807) is 6.20 Å². The number of nitrogens with zero attached hydrogens (tertiary/aromatic N) is 4. The van der Waals surface area contributed by atoms with Gasteiger partial charge in [-0.2, -0.15) is 5.26 Å². The Morgan fingerprint density at radius 1 is 1.40 bits per heavy atom. The van der Waals surface area contributed by atoms with Crippen LogP contribution in [0.15, 0.2) is 35.5 Å². The number of likely N-dealkylation sites (tertiary alicyclic amines) is 1. The number of hydrogen-bond donors (Lipinski definition) is 0. The number of amides is 1. The zero-order chi connectivity index (χ0) is 21.9. The summed E-state index contributed by atoms with van der Waals surface area (Å²) < 4.78 is 5.85. The van der Waals surface area contributed by atoms with Gasteiger partial charge in [0, 0.05) is 11.9 Å². The van der Waals surface area contributed by atoms with Crippen LogP contribution in [0.3, 0.4) is 0 Å². The third-order valence-electron chi connectivity index (χ3n) is 5.81. The molecule has 30 heavy (non-hydrogen) atoms. The molecular formula is C24H32N4O2. The Morgan fingerprint density at radius 3 is 2.83 bits per heavy atom. The Balaban J connectivity index is 2.04. The van der Waals surface area contributed by atoms with Gasteiger partial charge in [-0.15, -0.1) is 0 Å². The molecule has 0 aromatic carbocycles. The van der Waals surface area contributed by atoms with Gasteiger partial charge in [0.1, 0.15) is 5.60 Å². The fraction of sp³-hybridized carbons (Fsp3) is 0.583. The average Bonchev–Trinajstić information content (AvgIpc) is 2.67. The van der Waals surface area contributed by atoms with Crippen molar-refractivity contribution in [2.24, 2.45) is 4.99 Å². The molecule has 0 spiro atoms. The summed E-state index contributed by atoms with van der Waals surface area (Å²) in [5.74, 6) is 0. The molecule has 1 aromatic rings. The maximum absolute atomic E-state index is 13.5. The van der Waals surface area contributed by atoms with Gasteiger partial charge in [-0.25, -0.2) is 4.79 Å². The highest BCUT2D eigenvalue weighted by atomic mass is 16.6. The van der Waals surface area contributed by atoms with Gasteiger partial charge in [-0.3, -0.25) is 14.9 Å². The van der Waals surface area contributed by atoms with Crippen molar-refractivity contribution in [3.63, 3.8) is 0 Å². The van der Waals surface area contributed by atoms with Crippen molar-refractivity contribution >= 4 is 11.8 Å². The predicted molar refractivity (Wildman–Crippen MR) is 117 cm³/mol. The molecule has 3 rings (SSSR count). The topological polar surface area (TPSA) is 78.6 Å². The van der Waals surface area contributed by atoms with Crippen molar-refractivity contribution in [2.45, 2.75) is 89.9 Å². The Labute approximate surface area is 179 Å². The highest BCUT2D eigenvalue weighted by Crippen LogP contribution is 2.42. The summed E-state index contributed by atoms with van der Waals surface area (Å²) in [6.07, 6.45) is 9.11. The number of hydrogen-bond acceptors (Lipinski definition) is 5. The summed E-state index contributed by atoms with van der Waals surface area (Å²) in [5, 5.41) is 9.13. The second kappa shape index (κ2) is 8.59. The number of dihydropyridines is 1. The van der Waals surface area contributed by atoms with Gasteiger partial charge in [0.15, 0.2) is 0 Å².